The topological polar surface area (TPSA) is 59.9 Å². The van der Waals surface area contributed by atoms with Crippen LogP contribution in [0.5, 0.6) is 5.75 Å². The van der Waals surface area contributed by atoms with Crippen LogP contribution in [0.1, 0.15) is 0 Å². The highest BCUT2D eigenvalue weighted by Gasteiger charge is 2.15. The summed E-state index contributed by atoms with van der Waals surface area (Å²) in [6.07, 6.45) is 5.34. The van der Waals surface area contributed by atoms with Gasteiger partial charge in [-0.1, -0.05) is 0 Å². The molecule has 21 heavy (non-hydrogen) atoms. The van der Waals surface area contributed by atoms with Gasteiger partial charge in [0.25, 0.3) is 0 Å². The third-order valence-electron chi connectivity index (χ3n) is 3.20. The third kappa shape index (κ3) is 2.42. The Hall–Kier alpha value is -2.21. The number of ether oxygens (including phenoxy) is 1. The molecule has 0 amide bonds. The Morgan fingerprint density at radius 2 is 2.00 bits per heavy atom. The van der Waals surface area contributed by atoms with Crippen LogP contribution in [-0.4, -0.2) is 29.1 Å². The molecular weight excluding hydrogens is 332 g/mol. The summed E-state index contributed by atoms with van der Waals surface area (Å²) in [5, 5.41) is 3.88. The second-order valence-electron chi connectivity index (χ2n) is 4.38. The largest absolute Gasteiger partial charge is 0.493 e. The molecule has 2 aromatic heterocycles. The molecule has 0 aliphatic heterocycles. The normalized spacial score (nSPS) is 10.6. The average Bonchev–Trinajstić information content (AvgIpc) is 2.54. The van der Waals surface area contributed by atoms with Crippen molar-refractivity contribution in [1.82, 2.24) is 15.0 Å². The number of hydrogen-bond acceptors (Lipinski definition) is 5. The average molecular weight is 345 g/mol. The number of hydrogen-bond donors (Lipinski definition) is 1. The van der Waals surface area contributed by atoms with E-state index in [0.717, 1.165) is 26.5 Å². The van der Waals surface area contributed by atoms with Crippen LogP contribution >= 0.6 is 15.9 Å². The molecule has 0 aliphatic rings. The van der Waals surface area contributed by atoms with Crippen LogP contribution in [0.15, 0.2) is 41.3 Å². The molecule has 106 valence electrons. The molecule has 5 nitrogen and oxygen atoms in total. The Morgan fingerprint density at radius 3 is 2.67 bits per heavy atom. The lowest BCUT2D eigenvalue weighted by molar-refractivity contribution is 0.416. The molecule has 3 aromatic rings. The molecule has 1 N–H and O–H groups in total. The predicted octanol–water partition coefficient (Wildman–Crippen LogP) is 3.50. The lowest BCUT2D eigenvalue weighted by Crippen LogP contribution is -1.99. The lowest BCUT2D eigenvalue weighted by Gasteiger charge is -2.12. The number of halogens is 1. The summed E-state index contributed by atoms with van der Waals surface area (Å²) >= 11 is 3.55. The number of aromatic nitrogens is 3. The van der Waals surface area contributed by atoms with Crippen molar-refractivity contribution in [1.29, 1.82) is 0 Å². The van der Waals surface area contributed by atoms with E-state index in [4.69, 9.17) is 4.74 Å². The number of nitrogens with zero attached hydrogens (tertiary/aromatic N) is 3. The van der Waals surface area contributed by atoms with E-state index in [9.17, 15) is 0 Å². The quantitative estimate of drug-likeness (QED) is 0.787. The van der Waals surface area contributed by atoms with Crippen molar-refractivity contribution in [3.05, 3.63) is 41.3 Å². The van der Waals surface area contributed by atoms with E-state index < -0.39 is 0 Å². The fourth-order valence-corrected chi connectivity index (χ4v) is 2.80. The highest BCUT2D eigenvalue weighted by molar-refractivity contribution is 9.10. The van der Waals surface area contributed by atoms with Gasteiger partial charge in [0.1, 0.15) is 5.52 Å². The Balaban J connectivity index is 2.37. The van der Waals surface area contributed by atoms with Crippen LogP contribution < -0.4 is 10.1 Å². The minimum absolute atomic E-state index is 0.555. The minimum atomic E-state index is 0.555. The molecule has 0 unspecified atom stereocenters. The van der Waals surface area contributed by atoms with Gasteiger partial charge in [-0.05, 0) is 45.3 Å². The predicted molar refractivity (Wildman–Crippen MR) is 86.6 cm³/mol. The molecule has 6 heteroatoms. The Labute approximate surface area is 130 Å². The van der Waals surface area contributed by atoms with Crippen LogP contribution in [-0.2, 0) is 0 Å². The number of benzene rings is 1. The van der Waals surface area contributed by atoms with Crippen LogP contribution in [0.3, 0.4) is 0 Å². The summed E-state index contributed by atoms with van der Waals surface area (Å²) in [4.78, 5) is 12.9. The van der Waals surface area contributed by atoms with Gasteiger partial charge in [0.2, 0.25) is 5.95 Å². The van der Waals surface area contributed by atoms with Gasteiger partial charge in [0.05, 0.1) is 11.6 Å². The van der Waals surface area contributed by atoms with Crippen LogP contribution in [0.2, 0.25) is 0 Å². The van der Waals surface area contributed by atoms with E-state index >= 15 is 0 Å². The van der Waals surface area contributed by atoms with E-state index in [2.05, 4.69) is 36.2 Å². The summed E-state index contributed by atoms with van der Waals surface area (Å²) in [5.41, 5.74) is 2.85. The van der Waals surface area contributed by atoms with Gasteiger partial charge in [-0.25, -0.2) is 9.97 Å². The number of fused-ring (bicyclic) bond motifs is 1. The summed E-state index contributed by atoms with van der Waals surface area (Å²) in [5.74, 6) is 1.25. The van der Waals surface area contributed by atoms with Crippen LogP contribution in [0, 0.1) is 0 Å². The fraction of sp³-hybridized carbons (Fsp3) is 0.133. The third-order valence-corrected chi connectivity index (χ3v) is 3.79. The lowest BCUT2D eigenvalue weighted by atomic mass is 10.0. The van der Waals surface area contributed by atoms with Gasteiger partial charge < -0.3 is 10.1 Å². The molecule has 0 bridgehead atoms. The first kappa shape index (κ1) is 13.8. The molecule has 0 atom stereocenters. The van der Waals surface area contributed by atoms with Gasteiger partial charge in [-0.15, -0.1) is 0 Å². The van der Waals surface area contributed by atoms with E-state index in [1.165, 1.54) is 0 Å². The highest BCUT2D eigenvalue weighted by atomic mass is 79.9. The van der Waals surface area contributed by atoms with Gasteiger partial charge in [0, 0.05) is 31.0 Å². The first-order valence-electron chi connectivity index (χ1n) is 6.36. The van der Waals surface area contributed by atoms with E-state index in [1.807, 2.05) is 18.2 Å². The zero-order chi connectivity index (χ0) is 14.8. The summed E-state index contributed by atoms with van der Waals surface area (Å²) in [6.45, 7) is 0. The zero-order valence-electron chi connectivity index (χ0n) is 11.6. The maximum absolute atomic E-state index is 5.47. The molecule has 0 saturated heterocycles. The smallest absolute Gasteiger partial charge is 0.223 e. The molecule has 0 radical (unpaired) electrons. The maximum atomic E-state index is 5.47. The molecular formula is C15H13BrN4O. The Kier molecular flexibility index (Phi) is 3.70. The van der Waals surface area contributed by atoms with Crippen LogP contribution in [0.4, 0.5) is 5.95 Å². The number of pyridine rings is 1. The SMILES string of the molecule is CNc1ncc2c(-c3ccncc3)cc(Br)c(OC)c2n1. The Bertz CT molecular complexity index is 793. The second kappa shape index (κ2) is 5.65. The van der Waals surface area contributed by atoms with Crippen molar-refractivity contribution in [3.63, 3.8) is 0 Å². The zero-order valence-corrected chi connectivity index (χ0v) is 13.2. The molecule has 3 rings (SSSR count). The van der Waals surface area contributed by atoms with Crippen molar-refractivity contribution in [2.45, 2.75) is 0 Å². The van der Waals surface area contributed by atoms with Gasteiger partial charge in [-0.2, -0.15) is 0 Å². The number of rotatable bonds is 3. The van der Waals surface area contributed by atoms with Gasteiger partial charge in [0.15, 0.2) is 5.75 Å². The van der Waals surface area contributed by atoms with E-state index in [0.29, 0.717) is 11.7 Å². The molecule has 0 aliphatic carbocycles. The minimum Gasteiger partial charge on any atom is -0.493 e. The monoisotopic (exact) mass is 344 g/mol. The fourth-order valence-electron chi connectivity index (χ4n) is 2.22. The van der Waals surface area contributed by atoms with Crippen molar-refractivity contribution in [3.8, 4) is 16.9 Å². The molecule has 0 saturated carbocycles. The first-order chi connectivity index (χ1) is 10.2. The maximum Gasteiger partial charge on any atom is 0.223 e. The van der Waals surface area contributed by atoms with Crippen molar-refractivity contribution in [2.24, 2.45) is 0 Å². The Morgan fingerprint density at radius 1 is 1.24 bits per heavy atom. The summed E-state index contributed by atoms with van der Waals surface area (Å²) in [7, 11) is 3.42. The van der Waals surface area contributed by atoms with Gasteiger partial charge >= 0.3 is 0 Å². The molecule has 1 aromatic carbocycles. The van der Waals surface area contributed by atoms with E-state index in [1.54, 1.807) is 32.7 Å². The van der Waals surface area contributed by atoms with E-state index in [-0.39, 0.29) is 0 Å². The number of nitrogens with one attached hydrogen (secondary N) is 1. The second-order valence-corrected chi connectivity index (χ2v) is 5.24. The molecule has 0 spiro atoms. The molecule has 2 heterocycles. The first-order valence-corrected chi connectivity index (χ1v) is 7.15. The van der Waals surface area contributed by atoms with Crippen LogP contribution in [0.25, 0.3) is 22.0 Å². The molecule has 0 fully saturated rings. The highest BCUT2D eigenvalue weighted by Crippen LogP contribution is 2.39. The standard InChI is InChI=1S/C15H13BrN4O/c1-17-15-19-8-11-10(9-3-5-18-6-4-9)7-12(16)14(21-2)13(11)20-15/h3-8H,1-2H3,(H,17,19,20). The van der Waals surface area contributed by atoms with Crippen molar-refractivity contribution < 1.29 is 4.74 Å². The van der Waals surface area contributed by atoms with Crippen molar-refractivity contribution >= 4 is 32.8 Å². The summed E-state index contributed by atoms with van der Waals surface area (Å²) < 4.78 is 6.32. The van der Waals surface area contributed by atoms with Gasteiger partial charge in [-0.3, -0.25) is 4.98 Å². The number of methoxy groups -OCH3 is 1. The van der Waals surface area contributed by atoms with Crippen molar-refractivity contribution in [2.75, 3.05) is 19.5 Å². The number of anilines is 1. The summed E-state index contributed by atoms with van der Waals surface area (Å²) in [6, 6.07) is 5.93.